The van der Waals surface area contributed by atoms with Crippen molar-refractivity contribution in [3.05, 3.63) is 29.6 Å². The van der Waals surface area contributed by atoms with Crippen molar-refractivity contribution in [3.63, 3.8) is 0 Å². The zero-order chi connectivity index (χ0) is 13.0. The lowest BCUT2D eigenvalue weighted by atomic mass is 10.2. The van der Waals surface area contributed by atoms with Crippen LogP contribution in [0.5, 0.6) is 5.75 Å². The monoisotopic (exact) mass is 253 g/mol. The Hall–Kier alpha value is -1.62. The summed E-state index contributed by atoms with van der Waals surface area (Å²) in [6, 6.07) is 4.06. The van der Waals surface area contributed by atoms with Gasteiger partial charge in [0.15, 0.2) is 0 Å². The smallest absolute Gasteiger partial charge is 0.341 e. The Bertz CT molecular complexity index is 430. The highest BCUT2D eigenvalue weighted by molar-refractivity contribution is 5.92. The Kier molecular flexibility index (Phi) is 4.15. The van der Waals surface area contributed by atoms with Crippen LogP contribution < -0.4 is 10.1 Å². The maximum atomic E-state index is 13.2. The zero-order valence-corrected chi connectivity index (χ0v) is 10.2. The molecule has 1 heterocycles. The maximum absolute atomic E-state index is 13.2. The van der Waals surface area contributed by atoms with E-state index in [-0.39, 0.29) is 17.4 Å². The molecule has 0 saturated carbocycles. The third-order valence-electron chi connectivity index (χ3n) is 2.95. The standard InChI is InChI=1S/C13H16FNO3/c1-17-13(16)11-5-4-9(14)7-12(11)18-8-10-3-2-6-15-10/h4-5,7,10,15H,2-3,6,8H2,1H3/t10-/m0/s1. The Morgan fingerprint density at radius 1 is 1.56 bits per heavy atom. The maximum Gasteiger partial charge on any atom is 0.341 e. The molecule has 0 aliphatic carbocycles. The molecule has 1 aromatic rings. The fourth-order valence-corrected chi connectivity index (χ4v) is 1.98. The first-order valence-electron chi connectivity index (χ1n) is 5.95. The van der Waals surface area contributed by atoms with Gasteiger partial charge in [-0.1, -0.05) is 0 Å². The van der Waals surface area contributed by atoms with Gasteiger partial charge in [-0.25, -0.2) is 9.18 Å². The van der Waals surface area contributed by atoms with Gasteiger partial charge < -0.3 is 14.8 Å². The van der Waals surface area contributed by atoms with Crippen LogP contribution in [-0.4, -0.2) is 32.3 Å². The number of methoxy groups -OCH3 is 1. The van der Waals surface area contributed by atoms with Crippen LogP contribution in [0.25, 0.3) is 0 Å². The molecular weight excluding hydrogens is 237 g/mol. The van der Waals surface area contributed by atoms with Gasteiger partial charge in [0.25, 0.3) is 0 Å². The van der Waals surface area contributed by atoms with Crippen LogP contribution in [0.1, 0.15) is 23.2 Å². The molecule has 1 atom stereocenters. The summed E-state index contributed by atoms with van der Waals surface area (Å²) >= 11 is 0. The number of benzene rings is 1. The van der Waals surface area contributed by atoms with Crippen molar-refractivity contribution in [2.75, 3.05) is 20.3 Å². The molecule has 2 rings (SSSR count). The highest BCUT2D eigenvalue weighted by Crippen LogP contribution is 2.21. The largest absolute Gasteiger partial charge is 0.491 e. The number of carbonyl (C=O) groups is 1. The molecule has 1 aromatic carbocycles. The molecule has 0 unspecified atom stereocenters. The number of hydrogen-bond donors (Lipinski definition) is 1. The summed E-state index contributed by atoms with van der Waals surface area (Å²) in [5.74, 6) is -0.725. The van der Waals surface area contributed by atoms with Gasteiger partial charge in [0.2, 0.25) is 0 Å². The molecule has 0 radical (unpaired) electrons. The first-order valence-corrected chi connectivity index (χ1v) is 5.95. The number of rotatable bonds is 4. The van der Waals surface area contributed by atoms with Gasteiger partial charge in [-0.2, -0.15) is 0 Å². The first-order chi connectivity index (χ1) is 8.70. The molecule has 0 aromatic heterocycles. The molecule has 0 spiro atoms. The Labute approximate surface area is 105 Å². The Balaban J connectivity index is 2.08. The molecule has 1 aliphatic rings. The average Bonchev–Trinajstić information content (AvgIpc) is 2.88. The highest BCUT2D eigenvalue weighted by atomic mass is 19.1. The average molecular weight is 253 g/mol. The molecule has 18 heavy (non-hydrogen) atoms. The van der Waals surface area contributed by atoms with Gasteiger partial charge in [-0.3, -0.25) is 0 Å². The molecule has 0 bridgehead atoms. The van der Waals surface area contributed by atoms with Crippen molar-refractivity contribution in [2.45, 2.75) is 18.9 Å². The van der Waals surface area contributed by atoms with Gasteiger partial charge in [-0.15, -0.1) is 0 Å². The summed E-state index contributed by atoms with van der Waals surface area (Å²) < 4.78 is 23.3. The minimum atomic E-state index is -0.524. The van der Waals surface area contributed by atoms with Crippen LogP contribution in [0.2, 0.25) is 0 Å². The van der Waals surface area contributed by atoms with E-state index in [4.69, 9.17) is 4.74 Å². The van der Waals surface area contributed by atoms with Crippen molar-refractivity contribution < 1.29 is 18.7 Å². The van der Waals surface area contributed by atoms with E-state index in [2.05, 4.69) is 10.1 Å². The molecule has 4 nitrogen and oxygen atoms in total. The SMILES string of the molecule is COC(=O)c1ccc(F)cc1OC[C@@H]1CCCN1. The third kappa shape index (κ3) is 2.98. The van der Waals surface area contributed by atoms with Gasteiger partial charge in [0, 0.05) is 12.1 Å². The molecule has 1 saturated heterocycles. The van der Waals surface area contributed by atoms with E-state index < -0.39 is 11.8 Å². The van der Waals surface area contributed by atoms with Crippen molar-refractivity contribution >= 4 is 5.97 Å². The molecule has 1 fully saturated rings. The van der Waals surface area contributed by atoms with E-state index in [0.717, 1.165) is 19.4 Å². The van der Waals surface area contributed by atoms with E-state index >= 15 is 0 Å². The second kappa shape index (κ2) is 5.82. The van der Waals surface area contributed by atoms with Crippen molar-refractivity contribution in [2.24, 2.45) is 0 Å². The number of esters is 1. The van der Waals surface area contributed by atoms with Gasteiger partial charge in [0.05, 0.1) is 7.11 Å². The molecule has 0 amide bonds. The minimum absolute atomic E-state index is 0.232. The van der Waals surface area contributed by atoms with E-state index in [1.165, 1.54) is 25.3 Å². The van der Waals surface area contributed by atoms with Gasteiger partial charge in [-0.05, 0) is 31.5 Å². The third-order valence-corrected chi connectivity index (χ3v) is 2.95. The number of hydrogen-bond acceptors (Lipinski definition) is 4. The highest BCUT2D eigenvalue weighted by Gasteiger charge is 2.18. The van der Waals surface area contributed by atoms with E-state index in [0.29, 0.717) is 6.61 Å². The van der Waals surface area contributed by atoms with E-state index in [9.17, 15) is 9.18 Å². The zero-order valence-electron chi connectivity index (χ0n) is 10.2. The summed E-state index contributed by atoms with van der Waals surface area (Å²) in [5, 5.41) is 3.27. The van der Waals surface area contributed by atoms with Crippen LogP contribution in [-0.2, 0) is 4.74 Å². The molecular formula is C13H16FNO3. The van der Waals surface area contributed by atoms with Gasteiger partial charge >= 0.3 is 5.97 Å². The topological polar surface area (TPSA) is 47.6 Å². The lowest BCUT2D eigenvalue weighted by molar-refractivity contribution is 0.0595. The molecule has 98 valence electrons. The second-order valence-electron chi connectivity index (χ2n) is 4.24. The number of ether oxygens (including phenoxy) is 2. The van der Waals surface area contributed by atoms with Crippen LogP contribution in [0.3, 0.4) is 0 Å². The summed E-state index contributed by atoms with van der Waals surface area (Å²) in [6.07, 6.45) is 2.14. The first kappa shape index (κ1) is 12.8. The Morgan fingerprint density at radius 2 is 2.39 bits per heavy atom. The predicted molar refractivity (Wildman–Crippen MR) is 64.3 cm³/mol. The van der Waals surface area contributed by atoms with Crippen LogP contribution in [0.15, 0.2) is 18.2 Å². The lowest BCUT2D eigenvalue weighted by Gasteiger charge is -2.14. The van der Waals surface area contributed by atoms with Gasteiger partial charge in [0.1, 0.15) is 23.7 Å². The lowest BCUT2D eigenvalue weighted by Crippen LogP contribution is -2.28. The normalized spacial score (nSPS) is 18.7. The van der Waals surface area contributed by atoms with Crippen molar-refractivity contribution in [3.8, 4) is 5.75 Å². The number of nitrogens with one attached hydrogen (secondary N) is 1. The van der Waals surface area contributed by atoms with Crippen LogP contribution in [0.4, 0.5) is 4.39 Å². The summed E-state index contributed by atoms with van der Waals surface area (Å²) in [6.45, 7) is 1.40. The van der Waals surface area contributed by atoms with Crippen LogP contribution in [0, 0.1) is 5.82 Å². The fourth-order valence-electron chi connectivity index (χ4n) is 1.98. The quantitative estimate of drug-likeness (QED) is 0.830. The minimum Gasteiger partial charge on any atom is -0.491 e. The summed E-state index contributed by atoms with van der Waals surface area (Å²) in [7, 11) is 1.29. The predicted octanol–water partition coefficient (Wildman–Crippen LogP) is 1.74. The molecule has 5 heteroatoms. The van der Waals surface area contributed by atoms with E-state index in [1.807, 2.05) is 0 Å². The summed E-state index contributed by atoms with van der Waals surface area (Å²) in [5.41, 5.74) is 0.247. The summed E-state index contributed by atoms with van der Waals surface area (Å²) in [4.78, 5) is 11.5. The number of carbonyl (C=O) groups excluding carboxylic acids is 1. The molecule has 1 N–H and O–H groups in total. The van der Waals surface area contributed by atoms with Crippen molar-refractivity contribution in [1.82, 2.24) is 5.32 Å². The van der Waals surface area contributed by atoms with Crippen molar-refractivity contribution in [1.29, 1.82) is 0 Å². The fraction of sp³-hybridized carbons (Fsp3) is 0.462. The number of halogens is 1. The second-order valence-corrected chi connectivity index (χ2v) is 4.24. The molecule has 1 aliphatic heterocycles. The van der Waals surface area contributed by atoms with E-state index in [1.54, 1.807) is 0 Å². The Morgan fingerprint density at radius 3 is 3.06 bits per heavy atom. The van der Waals surface area contributed by atoms with Crippen LogP contribution >= 0.6 is 0 Å².